The molecule has 3 heterocycles. The summed E-state index contributed by atoms with van der Waals surface area (Å²) in [6.07, 6.45) is 3.28. The minimum absolute atomic E-state index is 0.226. The van der Waals surface area contributed by atoms with Gasteiger partial charge in [-0.2, -0.15) is 4.39 Å². The summed E-state index contributed by atoms with van der Waals surface area (Å²) in [6, 6.07) is 3.86. The number of carboxylic acid groups (broad SMARTS) is 1. The molecule has 0 unspecified atom stereocenters. The highest BCUT2D eigenvalue weighted by Gasteiger charge is 2.29. The maximum atomic E-state index is 15.2. The summed E-state index contributed by atoms with van der Waals surface area (Å²) in [7, 11) is -3.16. The largest absolute Gasteiger partial charge is 0.465 e. The van der Waals surface area contributed by atoms with Gasteiger partial charge in [-0.25, -0.2) is 26.6 Å². The van der Waals surface area contributed by atoms with Gasteiger partial charge < -0.3 is 10.0 Å². The fraction of sp³-hybridized carbons (Fsp3) is 0.167. The number of rotatable bonds is 5. The fourth-order valence-corrected chi connectivity index (χ4v) is 4.16. The Morgan fingerprint density at radius 3 is 2.66 bits per heavy atom. The number of amides is 1. The van der Waals surface area contributed by atoms with Crippen molar-refractivity contribution in [1.82, 2.24) is 18.8 Å². The van der Waals surface area contributed by atoms with Crippen LogP contribution in [0.3, 0.4) is 0 Å². The molecule has 0 aliphatic rings. The second kappa shape index (κ2) is 7.59. The van der Waals surface area contributed by atoms with Crippen molar-refractivity contribution in [2.45, 2.75) is 18.4 Å². The molecule has 0 fully saturated rings. The molecule has 29 heavy (non-hydrogen) atoms. The highest BCUT2D eigenvalue weighted by Crippen LogP contribution is 2.32. The van der Waals surface area contributed by atoms with Crippen molar-refractivity contribution in [3.63, 3.8) is 0 Å². The summed E-state index contributed by atoms with van der Waals surface area (Å²) in [5, 5.41) is 9.04. The van der Waals surface area contributed by atoms with Gasteiger partial charge in [0.15, 0.2) is 5.82 Å². The van der Waals surface area contributed by atoms with E-state index < -0.39 is 40.1 Å². The maximum Gasteiger partial charge on any atom is 0.407 e. The number of hydrogen-bond acceptors (Lipinski definition) is 5. The van der Waals surface area contributed by atoms with Gasteiger partial charge in [-0.1, -0.05) is 0 Å². The minimum atomic E-state index is -4.36. The Morgan fingerprint density at radius 2 is 2.03 bits per heavy atom. The summed E-state index contributed by atoms with van der Waals surface area (Å²) in [5.74, 6) is -2.13. The van der Waals surface area contributed by atoms with Crippen molar-refractivity contribution in [2.24, 2.45) is 0 Å². The third kappa shape index (κ3) is 3.81. The van der Waals surface area contributed by atoms with Crippen molar-refractivity contribution >= 4 is 16.1 Å². The van der Waals surface area contributed by atoms with Crippen molar-refractivity contribution in [3.05, 3.63) is 65.9 Å². The molecular formula is C18H16F2N4O4S. The van der Waals surface area contributed by atoms with E-state index in [0.29, 0.717) is 9.54 Å². The van der Waals surface area contributed by atoms with Crippen LogP contribution < -0.4 is 0 Å². The molecule has 3 aromatic rings. The predicted molar refractivity (Wildman–Crippen MR) is 98.6 cm³/mol. The van der Waals surface area contributed by atoms with Crippen LogP contribution in [-0.2, 0) is 16.6 Å². The lowest BCUT2D eigenvalue weighted by Gasteiger charge is -2.11. The van der Waals surface area contributed by atoms with E-state index in [-0.39, 0.29) is 16.0 Å². The average Bonchev–Trinajstić information content (AvgIpc) is 2.99. The monoisotopic (exact) mass is 422 g/mol. The molecule has 0 bridgehead atoms. The van der Waals surface area contributed by atoms with Crippen molar-refractivity contribution in [1.29, 1.82) is 0 Å². The highest BCUT2D eigenvalue weighted by atomic mass is 32.2. The molecule has 0 radical (unpaired) electrons. The molecule has 152 valence electrons. The first-order chi connectivity index (χ1) is 13.6. The maximum absolute atomic E-state index is 15.2. The normalized spacial score (nSPS) is 11.4. The molecule has 1 amide bonds. The second-order valence-corrected chi connectivity index (χ2v) is 8.11. The van der Waals surface area contributed by atoms with Crippen LogP contribution in [0.5, 0.6) is 0 Å². The van der Waals surface area contributed by atoms with E-state index in [2.05, 4.69) is 9.97 Å². The zero-order chi connectivity index (χ0) is 21.3. The smallest absolute Gasteiger partial charge is 0.407 e. The van der Waals surface area contributed by atoms with Crippen LogP contribution >= 0.6 is 0 Å². The lowest BCUT2D eigenvalue weighted by Crippen LogP contribution is -2.24. The zero-order valence-corrected chi connectivity index (χ0v) is 16.2. The van der Waals surface area contributed by atoms with Gasteiger partial charge >= 0.3 is 6.09 Å². The molecular weight excluding hydrogens is 406 g/mol. The van der Waals surface area contributed by atoms with Gasteiger partial charge in [0, 0.05) is 37.4 Å². The van der Waals surface area contributed by atoms with E-state index in [0.717, 1.165) is 23.5 Å². The Morgan fingerprint density at radius 1 is 1.31 bits per heavy atom. The van der Waals surface area contributed by atoms with Crippen LogP contribution in [0, 0.1) is 18.7 Å². The van der Waals surface area contributed by atoms with Gasteiger partial charge in [0.25, 0.3) is 10.0 Å². The highest BCUT2D eigenvalue weighted by molar-refractivity contribution is 7.90. The van der Waals surface area contributed by atoms with Crippen LogP contribution in [0.2, 0.25) is 0 Å². The van der Waals surface area contributed by atoms with E-state index >= 15 is 4.39 Å². The fourth-order valence-electron chi connectivity index (χ4n) is 2.72. The van der Waals surface area contributed by atoms with E-state index in [1.165, 1.54) is 31.4 Å². The molecule has 3 aromatic heterocycles. The van der Waals surface area contributed by atoms with Crippen molar-refractivity contribution in [3.8, 4) is 11.3 Å². The number of pyridine rings is 2. The molecule has 0 saturated heterocycles. The number of aromatic nitrogens is 3. The van der Waals surface area contributed by atoms with Gasteiger partial charge in [-0.3, -0.25) is 4.98 Å². The predicted octanol–water partition coefficient (Wildman–Crippen LogP) is 2.88. The average molecular weight is 422 g/mol. The Labute approximate surface area is 165 Å². The van der Waals surface area contributed by atoms with Crippen LogP contribution in [-0.4, -0.2) is 45.5 Å². The lowest BCUT2D eigenvalue weighted by molar-refractivity contribution is 0.153. The van der Waals surface area contributed by atoms with E-state index in [1.807, 2.05) is 0 Å². The first-order valence-electron chi connectivity index (χ1n) is 8.25. The number of carbonyl (C=O) groups is 1. The summed E-state index contributed by atoms with van der Waals surface area (Å²) in [5.41, 5.74) is -0.639. The van der Waals surface area contributed by atoms with Gasteiger partial charge in [-0.05, 0) is 30.7 Å². The number of nitrogens with zero attached hydrogens (tertiary/aromatic N) is 4. The topological polar surface area (TPSA) is 105 Å². The van der Waals surface area contributed by atoms with Crippen LogP contribution in [0.15, 0.2) is 47.9 Å². The summed E-state index contributed by atoms with van der Waals surface area (Å²) >= 11 is 0. The molecule has 3 rings (SSSR count). The lowest BCUT2D eigenvalue weighted by atomic mass is 10.2. The second-order valence-electron chi connectivity index (χ2n) is 6.30. The molecule has 11 heteroatoms. The van der Waals surface area contributed by atoms with Gasteiger partial charge in [0.2, 0.25) is 5.95 Å². The third-order valence-corrected chi connectivity index (χ3v) is 5.76. The number of aryl methyl sites for hydroxylation is 1. The van der Waals surface area contributed by atoms with Gasteiger partial charge in [0.05, 0.1) is 12.1 Å². The zero-order valence-electron chi connectivity index (χ0n) is 15.4. The van der Waals surface area contributed by atoms with Crippen molar-refractivity contribution in [2.75, 3.05) is 7.05 Å². The van der Waals surface area contributed by atoms with Crippen LogP contribution in [0.1, 0.15) is 11.1 Å². The first kappa shape index (κ1) is 20.4. The Bertz CT molecular complexity index is 1190. The molecule has 0 saturated carbocycles. The van der Waals surface area contributed by atoms with Crippen LogP contribution in [0.25, 0.3) is 11.3 Å². The first-order valence-corrected chi connectivity index (χ1v) is 9.69. The number of halogens is 2. The summed E-state index contributed by atoms with van der Waals surface area (Å²) < 4.78 is 56.4. The Balaban J connectivity index is 2.28. The number of hydrogen-bond donors (Lipinski definition) is 1. The molecule has 1 N–H and O–H groups in total. The minimum Gasteiger partial charge on any atom is -0.465 e. The molecule has 0 aliphatic heterocycles. The Hall–Kier alpha value is -3.34. The summed E-state index contributed by atoms with van der Waals surface area (Å²) in [6.45, 7) is 1.20. The molecule has 0 aromatic carbocycles. The van der Waals surface area contributed by atoms with Gasteiger partial charge in [-0.15, -0.1) is 0 Å². The quantitative estimate of drug-likeness (QED) is 0.634. The van der Waals surface area contributed by atoms with E-state index in [4.69, 9.17) is 5.11 Å². The summed E-state index contributed by atoms with van der Waals surface area (Å²) in [4.78, 5) is 18.9. The van der Waals surface area contributed by atoms with Crippen LogP contribution in [0.4, 0.5) is 13.6 Å². The standard InChI is InChI=1S/C18H16F2N4O4S/c1-11-6-13(8-21-7-11)29(27,28)24-10-12(9-23(2)18(25)26)15(19)16(24)14-4-3-5-22-17(14)20/h3-8,10H,9H2,1-2H3,(H,25,26). The van der Waals surface area contributed by atoms with Gasteiger partial charge in [0.1, 0.15) is 10.6 Å². The molecule has 8 nitrogen and oxygen atoms in total. The molecule has 0 aliphatic carbocycles. The third-order valence-electron chi connectivity index (χ3n) is 4.14. The van der Waals surface area contributed by atoms with Crippen molar-refractivity contribution < 1.29 is 27.1 Å². The molecule has 0 atom stereocenters. The molecule has 0 spiro atoms. The SMILES string of the molecule is Cc1cncc(S(=O)(=O)n2cc(CN(C)C(=O)O)c(F)c2-c2cccnc2F)c1. The van der Waals surface area contributed by atoms with E-state index in [9.17, 15) is 17.6 Å². The Kier molecular flexibility index (Phi) is 5.33. The van der Waals surface area contributed by atoms with E-state index in [1.54, 1.807) is 6.92 Å².